The number of anilines is 1. The molecule has 26 heavy (non-hydrogen) atoms. The maximum absolute atomic E-state index is 12.8. The second kappa shape index (κ2) is 14.5. The highest BCUT2D eigenvalue weighted by molar-refractivity contribution is 7.94. The Balaban J connectivity index is 0.000000522. The molecule has 0 radical (unpaired) electrons. The van der Waals surface area contributed by atoms with Crippen molar-refractivity contribution < 1.29 is 13.4 Å². The van der Waals surface area contributed by atoms with Crippen molar-refractivity contribution in [2.75, 3.05) is 46.3 Å². The number of carbonyl (C=O) groups is 1. The lowest BCUT2D eigenvalue weighted by Gasteiger charge is -2.18. The summed E-state index contributed by atoms with van der Waals surface area (Å²) < 4.78 is 17.4. The summed E-state index contributed by atoms with van der Waals surface area (Å²) >= 11 is 0.282. The van der Waals surface area contributed by atoms with Gasteiger partial charge in [0.15, 0.2) is 0 Å². The van der Waals surface area contributed by atoms with Gasteiger partial charge in [0.2, 0.25) is 0 Å². The molecule has 0 spiro atoms. The molecule has 0 aliphatic carbocycles. The third kappa shape index (κ3) is 8.12. The second-order valence-corrected chi connectivity index (χ2v) is 6.11. The summed E-state index contributed by atoms with van der Waals surface area (Å²) in [7, 11) is 7.35. The summed E-state index contributed by atoms with van der Waals surface area (Å²) in [4.78, 5) is 16.3. The molecular formula is C19H30FN3O2S. The molecule has 0 saturated carbocycles. The Hall–Kier alpha value is -1.70. The van der Waals surface area contributed by atoms with Crippen molar-refractivity contribution in [3.63, 3.8) is 0 Å². The van der Waals surface area contributed by atoms with E-state index in [1.165, 1.54) is 0 Å². The molecule has 0 unspecified atom stereocenters. The molecule has 146 valence electrons. The van der Waals surface area contributed by atoms with Crippen molar-refractivity contribution in [1.29, 1.82) is 0 Å². The van der Waals surface area contributed by atoms with E-state index in [1.807, 2.05) is 52.0 Å². The molecule has 0 saturated heterocycles. The number of fused-ring (bicyclic) bond motifs is 1. The van der Waals surface area contributed by atoms with Crippen molar-refractivity contribution in [1.82, 2.24) is 10.3 Å². The van der Waals surface area contributed by atoms with Gasteiger partial charge < -0.3 is 19.7 Å². The Bertz CT molecular complexity index is 652. The first kappa shape index (κ1) is 24.3. The smallest absolute Gasteiger partial charge is 0.121 e. The summed E-state index contributed by atoms with van der Waals surface area (Å²) in [6.07, 6.45) is 3.28. The number of aldehydes is 1. The van der Waals surface area contributed by atoms with Crippen LogP contribution in [0.15, 0.2) is 29.3 Å². The Morgan fingerprint density at radius 1 is 1.31 bits per heavy atom. The van der Waals surface area contributed by atoms with E-state index < -0.39 is 0 Å². The predicted molar refractivity (Wildman–Crippen MR) is 110 cm³/mol. The highest BCUT2D eigenvalue weighted by Crippen LogP contribution is 2.36. The van der Waals surface area contributed by atoms with Crippen LogP contribution >= 0.6 is 12.1 Å². The summed E-state index contributed by atoms with van der Waals surface area (Å²) in [6, 6.07) is 5.65. The number of methoxy groups -OCH3 is 1. The maximum atomic E-state index is 12.8. The number of ether oxygens (including phenoxy) is 1. The fourth-order valence-corrected chi connectivity index (χ4v) is 2.58. The molecule has 2 rings (SSSR count). The molecule has 1 aromatic carbocycles. The van der Waals surface area contributed by atoms with Gasteiger partial charge in [-0.05, 0) is 33.0 Å². The minimum absolute atomic E-state index is 0.282. The van der Waals surface area contributed by atoms with Crippen LogP contribution < -0.4 is 10.2 Å². The van der Waals surface area contributed by atoms with Crippen LogP contribution in [0.4, 0.5) is 9.57 Å². The molecule has 0 fully saturated rings. The fraction of sp³-hybridized carbons (Fsp3) is 0.474. The molecular weight excluding hydrogens is 353 g/mol. The van der Waals surface area contributed by atoms with Crippen molar-refractivity contribution in [3.05, 3.63) is 30.1 Å². The van der Waals surface area contributed by atoms with Crippen LogP contribution in [-0.4, -0.2) is 52.7 Å². The highest BCUT2D eigenvalue weighted by atomic mass is 32.2. The molecule has 5 nitrogen and oxygen atoms in total. The Morgan fingerprint density at radius 3 is 2.38 bits per heavy atom. The number of aryl methyl sites for hydroxylation is 1. The SMILES string of the molecule is CCOC.CNCCC=O.Cc1nccc2c(N(C)C)c(SF)ccc12. The number of aromatic nitrogens is 1. The standard InChI is InChI=1S/C12H13FN2S.C4H9NO.C3H8O/c1-8-9-4-5-11(16-13)12(15(2)3)10(9)6-7-14-8;1-5-3-2-4-6;1-3-4-2/h4-7H,1-3H3;4-5H,2-3H2,1H3;3H2,1-2H3. The van der Waals surface area contributed by atoms with E-state index in [-0.39, 0.29) is 12.1 Å². The van der Waals surface area contributed by atoms with Gasteiger partial charge in [0.25, 0.3) is 0 Å². The molecule has 0 bridgehead atoms. The summed E-state index contributed by atoms with van der Waals surface area (Å²) in [5, 5.41) is 4.95. The number of pyridine rings is 1. The maximum Gasteiger partial charge on any atom is 0.121 e. The van der Waals surface area contributed by atoms with E-state index in [0.717, 1.165) is 41.6 Å². The van der Waals surface area contributed by atoms with Crippen LogP contribution in [0.25, 0.3) is 10.8 Å². The first-order chi connectivity index (χ1) is 12.5. The second-order valence-electron chi connectivity index (χ2n) is 5.51. The van der Waals surface area contributed by atoms with Gasteiger partial charge >= 0.3 is 0 Å². The number of rotatable bonds is 6. The zero-order valence-corrected chi connectivity index (χ0v) is 17.3. The van der Waals surface area contributed by atoms with E-state index in [2.05, 4.69) is 15.0 Å². The van der Waals surface area contributed by atoms with Crippen LogP contribution in [0, 0.1) is 6.92 Å². The molecule has 1 N–H and O–H groups in total. The monoisotopic (exact) mass is 383 g/mol. The van der Waals surface area contributed by atoms with E-state index in [9.17, 15) is 8.68 Å². The van der Waals surface area contributed by atoms with Crippen LogP contribution in [0.5, 0.6) is 0 Å². The summed E-state index contributed by atoms with van der Waals surface area (Å²) in [6.45, 7) is 5.54. The molecule has 1 aromatic heterocycles. The Labute approximate surface area is 160 Å². The van der Waals surface area contributed by atoms with Gasteiger partial charge in [-0.3, -0.25) is 4.98 Å². The lowest BCUT2D eigenvalue weighted by Crippen LogP contribution is -2.10. The molecule has 2 aromatic rings. The zero-order chi connectivity index (χ0) is 19.9. The predicted octanol–water partition coefficient (Wildman–Crippen LogP) is 4.03. The highest BCUT2D eigenvalue weighted by Gasteiger charge is 2.11. The van der Waals surface area contributed by atoms with Gasteiger partial charge in [-0.25, -0.2) is 0 Å². The zero-order valence-electron chi connectivity index (χ0n) is 16.5. The Morgan fingerprint density at radius 2 is 1.96 bits per heavy atom. The Kier molecular flexibility index (Phi) is 13.5. The molecule has 0 aliphatic rings. The lowest BCUT2D eigenvalue weighted by molar-refractivity contribution is -0.107. The van der Waals surface area contributed by atoms with Crippen molar-refractivity contribution >= 4 is 34.9 Å². The van der Waals surface area contributed by atoms with Crippen molar-refractivity contribution in [2.45, 2.75) is 25.2 Å². The van der Waals surface area contributed by atoms with Gasteiger partial charge in [0, 0.05) is 63.4 Å². The van der Waals surface area contributed by atoms with Gasteiger partial charge in [-0.2, -0.15) is 3.89 Å². The third-order valence-electron chi connectivity index (χ3n) is 3.41. The number of hydrogen-bond donors (Lipinski definition) is 1. The van der Waals surface area contributed by atoms with Gasteiger partial charge in [0.05, 0.1) is 22.7 Å². The van der Waals surface area contributed by atoms with Crippen LogP contribution in [0.1, 0.15) is 19.0 Å². The molecule has 1 heterocycles. The number of nitrogens with one attached hydrogen (secondary N) is 1. The van der Waals surface area contributed by atoms with E-state index in [1.54, 1.807) is 19.4 Å². The van der Waals surface area contributed by atoms with E-state index >= 15 is 0 Å². The van der Waals surface area contributed by atoms with E-state index in [0.29, 0.717) is 11.3 Å². The topological polar surface area (TPSA) is 54.5 Å². The number of carbonyl (C=O) groups excluding carboxylic acids is 1. The third-order valence-corrected chi connectivity index (χ3v) is 3.91. The van der Waals surface area contributed by atoms with Gasteiger partial charge in [-0.1, -0.05) is 6.07 Å². The number of halogens is 1. The lowest BCUT2D eigenvalue weighted by atomic mass is 10.1. The first-order valence-electron chi connectivity index (χ1n) is 8.39. The first-order valence-corrected chi connectivity index (χ1v) is 9.11. The molecule has 7 heteroatoms. The largest absolute Gasteiger partial charge is 0.385 e. The number of nitrogens with zero attached hydrogens (tertiary/aromatic N) is 2. The molecule has 0 atom stereocenters. The van der Waals surface area contributed by atoms with Crippen LogP contribution in [-0.2, 0) is 9.53 Å². The fourth-order valence-electron chi connectivity index (χ4n) is 2.09. The number of hydrogen-bond acceptors (Lipinski definition) is 6. The normalized spacial score (nSPS) is 9.65. The van der Waals surface area contributed by atoms with Crippen LogP contribution in [0.2, 0.25) is 0 Å². The summed E-state index contributed by atoms with van der Waals surface area (Å²) in [5.41, 5.74) is 1.88. The van der Waals surface area contributed by atoms with Crippen molar-refractivity contribution in [2.24, 2.45) is 0 Å². The number of benzene rings is 1. The minimum Gasteiger partial charge on any atom is -0.385 e. The average molecular weight is 384 g/mol. The van der Waals surface area contributed by atoms with E-state index in [4.69, 9.17) is 0 Å². The molecule has 0 amide bonds. The summed E-state index contributed by atoms with van der Waals surface area (Å²) in [5.74, 6) is 0. The van der Waals surface area contributed by atoms with Crippen LogP contribution in [0.3, 0.4) is 0 Å². The quantitative estimate of drug-likeness (QED) is 0.600. The average Bonchev–Trinajstić information content (AvgIpc) is 2.66. The molecule has 0 aliphatic heterocycles. The minimum atomic E-state index is 0.282. The van der Waals surface area contributed by atoms with Gasteiger partial charge in [-0.15, -0.1) is 0 Å². The van der Waals surface area contributed by atoms with Gasteiger partial charge in [0.1, 0.15) is 6.29 Å². The van der Waals surface area contributed by atoms with Crippen molar-refractivity contribution in [3.8, 4) is 0 Å².